The number of nitrogens with zero attached hydrogens (tertiary/aromatic N) is 1. The number of hydrogen-bond donors (Lipinski definition) is 0. The molecule has 0 aliphatic carbocycles. The van der Waals surface area contributed by atoms with E-state index in [0.29, 0.717) is 17.9 Å². The van der Waals surface area contributed by atoms with Crippen LogP contribution in [0.1, 0.15) is 23.6 Å². The Morgan fingerprint density at radius 2 is 1.75 bits per heavy atom. The number of rotatable bonds is 5. The largest absolute Gasteiger partial charge is 0.495 e. The van der Waals surface area contributed by atoms with Crippen molar-refractivity contribution in [2.75, 3.05) is 7.11 Å². The zero-order chi connectivity index (χ0) is 14.4. The van der Waals surface area contributed by atoms with Gasteiger partial charge in [0.1, 0.15) is 24.2 Å². The molecule has 0 aliphatic rings. The third-order valence-corrected chi connectivity index (χ3v) is 3.12. The van der Waals surface area contributed by atoms with Crippen LogP contribution in [0, 0.1) is 11.3 Å². The molecule has 0 aromatic heterocycles. The minimum Gasteiger partial charge on any atom is -0.495 e. The lowest BCUT2D eigenvalue weighted by Crippen LogP contribution is -1.97. The Hall–Kier alpha value is -2.47. The first kappa shape index (κ1) is 14.0. The molecule has 3 nitrogen and oxygen atoms in total. The number of benzene rings is 2. The van der Waals surface area contributed by atoms with E-state index in [-0.39, 0.29) is 0 Å². The van der Waals surface area contributed by atoms with Gasteiger partial charge in [0.15, 0.2) is 0 Å². The Kier molecular flexibility index (Phi) is 4.62. The van der Waals surface area contributed by atoms with Gasteiger partial charge in [-0.3, -0.25) is 0 Å². The minimum absolute atomic E-state index is 0.435. The molecule has 102 valence electrons. The molecule has 2 aromatic carbocycles. The van der Waals surface area contributed by atoms with Crippen LogP contribution >= 0.6 is 0 Å². The van der Waals surface area contributed by atoms with Gasteiger partial charge in [0, 0.05) is 0 Å². The lowest BCUT2D eigenvalue weighted by atomic mass is 10.1. The van der Waals surface area contributed by atoms with Gasteiger partial charge in [-0.05, 0) is 41.8 Å². The van der Waals surface area contributed by atoms with E-state index in [9.17, 15) is 0 Å². The Balaban J connectivity index is 2.05. The maximum atomic E-state index is 9.05. The zero-order valence-corrected chi connectivity index (χ0v) is 11.7. The molecule has 0 N–H and O–H groups in total. The Morgan fingerprint density at radius 1 is 1.05 bits per heavy atom. The van der Waals surface area contributed by atoms with Crippen LogP contribution in [-0.4, -0.2) is 7.11 Å². The standard InChI is InChI=1S/C17H17NO2/c1-3-13-4-7-16(8-5-13)20-12-14-6-9-17(19-2)15(10-14)11-18/h4-10H,3,12H2,1-2H3. The van der Waals surface area contributed by atoms with Crippen molar-refractivity contribution in [1.82, 2.24) is 0 Å². The molecule has 0 amide bonds. The summed E-state index contributed by atoms with van der Waals surface area (Å²) in [7, 11) is 1.56. The van der Waals surface area contributed by atoms with Gasteiger partial charge in [0.05, 0.1) is 12.7 Å². The first-order valence-corrected chi connectivity index (χ1v) is 6.55. The van der Waals surface area contributed by atoms with Gasteiger partial charge >= 0.3 is 0 Å². The number of nitriles is 1. The zero-order valence-electron chi connectivity index (χ0n) is 11.7. The van der Waals surface area contributed by atoms with Gasteiger partial charge < -0.3 is 9.47 Å². The second kappa shape index (κ2) is 6.63. The third-order valence-electron chi connectivity index (χ3n) is 3.12. The van der Waals surface area contributed by atoms with Crippen LogP contribution in [0.2, 0.25) is 0 Å². The molecule has 0 saturated heterocycles. The van der Waals surface area contributed by atoms with Gasteiger partial charge in [-0.15, -0.1) is 0 Å². The molecule has 0 unspecified atom stereocenters. The monoisotopic (exact) mass is 267 g/mol. The fourth-order valence-electron chi connectivity index (χ4n) is 1.92. The van der Waals surface area contributed by atoms with Gasteiger partial charge in [0.2, 0.25) is 0 Å². The highest BCUT2D eigenvalue weighted by molar-refractivity contribution is 5.45. The molecule has 0 saturated carbocycles. The predicted molar refractivity (Wildman–Crippen MR) is 77.9 cm³/mol. The van der Waals surface area contributed by atoms with Crippen molar-refractivity contribution in [2.24, 2.45) is 0 Å². The summed E-state index contributed by atoms with van der Waals surface area (Å²) in [6.07, 6.45) is 1.02. The van der Waals surface area contributed by atoms with Gasteiger partial charge in [-0.1, -0.05) is 25.1 Å². The molecule has 0 radical (unpaired) electrons. The maximum absolute atomic E-state index is 9.05. The molecule has 0 atom stereocenters. The molecule has 0 bridgehead atoms. The highest BCUT2D eigenvalue weighted by Crippen LogP contribution is 2.20. The van der Waals surface area contributed by atoms with E-state index in [1.165, 1.54) is 5.56 Å². The summed E-state index contributed by atoms with van der Waals surface area (Å²) >= 11 is 0. The molecule has 0 aliphatic heterocycles. The molecule has 0 spiro atoms. The average Bonchev–Trinajstić information content (AvgIpc) is 2.53. The van der Waals surface area contributed by atoms with Crippen LogP contribution in [-0.2, 0) is 13.0 Å². The van der Waals surface area contributed by atoms with Crippen LogP contribution in [0.3, 0.4) is 0 Å². The number of ether oxygens (including phenoxy) is 2. The molecule has 0 fully saturated rings. The third kappa shape index (κ3) is 3.30. The molecular weight excluding hydrogens is 250 g/mol. The van der Waals surface area contributed by atoms with E-state index in [1.54, 1.807) is 19.2 Å². The van der Waals surface area contributed by atoms with Crippen molar-refractivity contribution in [1.29, 1.82) is 5.26 Å². The van der Waals surface area contributed by atoms with E-state index < -0.39 is 0 Å². The fourth-order valence-corrected chi connectivity index (χ4v) is 1.92. The number of methoxy groups -OCH3 is 1. The summed E-state index contributed by atoms with van der Waals surface area (Å²) in [5.41, 5.74) is 2.76. The minimum atomic E-state index is 0.435. The molecule has 0 heterocycles. The second-order valence-corrected chi connectivity index (χ2v) is 4.43. The van der Waals surface area contributed by atoms with Crippen molar-refractivity contribution >= 4 is 0 Å². The van der Waals surface area contributed by atoms with Crippen molar-refractivity contribution in [3.05, 3.63) is 59.2 Å². The highest BCUT2D eigenvalue weighted by atomic mass is 16.5. The highest BCUT2D eigenvalue weighted by Gasteiger charge is 2.04. The van der Waals surface area contributed by atoms with Crippen molar-refractivity contribution < 1.29 is 9.47 Å². The van der Waals surface area contributed by atoms with Crippen LogP contribution < -0.4 is 9.47 Å². The smallest absolute Gasteiger partial charge is 0.136 e. The molecule has 3 heteroatoms. The van der Waals surface area contributed by atoms with E-state index in [2.05, 4.69) is 25.1 Å². The van der Waals surface area contributed by atoms with E-state index in [1.807, 2.05) is 18.2 Å². The van der Waals surface area contributed by atoms with Gasteiger partial charge in [-0.25, -0.2) is 0 Å². The lowest BCUT2D eigenvalue weighted by Gasteiger charge is -2.09. The normalized spacial score (nSPS) is 9.85. The first-order chi connectivity index (χ1) is 9.76. The summed E-state index contributed by atoms with van der Waals surface area (Å²) in [4.78, 5) is 0. The second-order valence-electron chi connectivity index (χ2n) is 4.43. The SMILES string of the molecule is CCc1ccc(OCc2ccc(OC)c(C#N)c2)cc1. The summed E-state index contributed by atoms with van der Waals surface area (Å²) in [6.45, 7) is 2.56. The van der Waals surface area contributed by atoms with Crippen molar-refractivity contribution in [3.8, 4) is 17.6 Å². The summed E-state index contributed by atoms with van der Waals surface area (Å²) in [6, 6.07) is 15.7. The van der Waals surface area contributed by atoms with Crippen molar-refractivity contribution in [2.45, 2.75) is 20.0 Å². The average molecular weight is 267 g/mol. The predicted octanol–water partition coefficient (Wildman–Crippen LogP) is 3.71. The van der Waals surface area contributed by atoms with Crippen molar-refractivity contribution in [3.63, 3.8) is 0 Å². The molecule has 2 rings (SSSR count). The van der Waals surface area contributed by atoms with E-state index in [0.717, 1.165) is 17.7 Å². The summed E-state index contributed by atoms with van der Waals surface area (Å²) in [5, 5.41) is 9.05. The Bertz CT molecular complexity index is 612. The van der Waals surface area contributed by atoms with Gasteiger partial charge in [-0.2, -0.15) is 5.26 Å². The quantitative estimate of drug-likeness (QED) is 0.829. The van der Waals surface area contributed by atoms with Crippen LogP contribution in [0.5, 0.6) is 11.5 Å². The maximum Gasteiger partial charge on any atom is 0.136 e. The number of aryl methyl sites for hydroxylation is 1. The van der Waals surface area contributed by atoms with Gasteiger partial charge in [0.25, 0.3) is 0 Å². The lowest BCUT2D eigenvalue weighted by molar-refractivity contribution is 0.306. The topological polar surface area (TPSA) is 42.2 Å². The summed E-state index contributed by atoms with van der Waals surface area (Å²) in [5.74, 6) is 1.42. The molecule has 2 aromatic rings. The van der Waals surface area contributed by atoms with Crippen LogP contribution in [0.15, 0.2) is 42.5 Å². The fraction of sp³-hybridized carbons (Fsp3) is 0.235. The first-order valence-electron chi connectivity index (χ1n) is 6.55. The van der Waals surface area contributed by atoms with Crippen LogP contribution in [0.4, 0.5) is 0 Å². The number of hydrogen-bond acceptors (Lipinski definition) is 3. The Morgan fingerprint density at radius 3 is 2.35 bits per heavy atom. The molecule has 20 heavy (non-hydrogen) atoms. The van der Waals surface area contributed by atoms with E-state index >= 15 is 0 Å². The summed E-state index contributed by atoms with van der Waals surface area (Å²) < 4.78 is 10.8. The molecular formula is C17H17NO2. The van der Waals surface area contributed by atoms with Crippen LogP contribution in [0.25, 0.3) is 0 Å². The Labute approximate surface area is 119 Å². The van der Waals surface area contributed by atoms with E-state index in [4.69, 9.17) is 14.7 Å².